The minimum atomic E-state index is -0.209. The maximum absolute atomic E-state index is 13.6. The number of carbonyl (C=O) groups is 1. The summed E-state index contributed by atoms with van der Waals surface area (Å²) in [5, 5.41) is 16.3. The Morgan fingerprint density at radius 2 is 1.40 bits per heavy atom. The number of benzene rings is 4. The number of hydrogen-bond acceptors (Lipinski definition) is 3. The zero-order valence-electron chi connectivity index (χ0n) is 25.9. The molecular weight excluding hydrogens is 714 g/mol. The molecule has 1 radical (unpaired) electrons. The fourth-order valence-electron chi connectivity index (χ4n) is 5.80. The number of fused-ring (bicyclic) bond motifs is 5. The molecule has 0 atom stereocenters. The zero-order valence-corrected chi connectivity index (χ0v) is 28.3. The van der Waals surface area contributed by atoms with Gasteiger partial charge in [-0.2, -0.15) is 0 Å². The van der Waals surface area contributed by atoms with Crippen LogP contribution in [0.2, 0.25) is 0 Å². The minimum absolute atomic E-state index is 0. The van der Waals surface area contributed by atoms with Gasteiger partial charge in [-0.3, -0.25) is 4.79 Å². The summed E-state index contributed by atoms with van der Waals surface area (Å²) in [4.78, 5) is 16.4. The molecule has 3 nitrogen and oxygen atoms in total. The van der Waals surface area contributed by atoms with Crippen LogP contribution in [0.15, 0.2) is 78.7 Å². The van der Waals surface area contributed by atoms with Crippen LogP contribution in [0.5, 0.6) is 0 Å². The first-order valence-corrected chi connectivity index (χ1v) is 15.1. The van der Waals surface area contributed by atoms with Crippen LogP contribution in [0.4, 0.5) is 4.39 Å². The number of allylic oxidation sites excluding steroid dienone is 2. The Bertz CT molecular complexity index is 1730. The van der Waals surface area contributed by atoms with Crippen molar-refractivity contribution < 1.29 is 34.4 Å². The number of halogens is 1. The number of ketones is 1. The van der Waals surface area contributed by atoms with Crippen LogP contribution in [0, 0.1) is 37.6 Å². The summed E-state index contributed by atoms with van der Waals surface area (Å²) in [6.07, 6.45) is 6.76. The van der Waals surface area contributed by atoms with Gasteiger partial charge in [-0.25, -0.2) is 4.39 Å². The van der Waals surface area contributed by atoms with E-state index in [2.05, 4.69) is 61.3 Å². The smallest absolute Gasteiger partial charge is 0.162 e. The van der Waals surface area contributed by atoms with Gasteiger partial charge >= 0.3 is 0 Å². The Kier molecular flexibility index (Phi) is 12.2. The van der Waals surface area contributed by atoms with Gasteiger partial charge in [0.2, 0.25) is 0 Å². The van der Waals surface area contributed by atoms with Crippen molar-refractivity contribution in [2.45, 2.75) is 67.2 Å². The summed E-state index contributed by atoms with van der Waals surface area (Å²) in [6, 6.07) is 23.0. The molecule has 1 aromatic heterocycles. The van der Waals surface area contributed by atoms with E-state index in [0.29, 0.717) is 0 Å². The second-order valence-corrected chi connectivity index (χ2v) is 11.1. The van der Waals surface area contributed by atoms with E-state index < -0.39 is 0 Å². The first-order valence-electron chi connectivity index (χ1n) is 15.1. The Hall–Kier alpha value is -3.40. The van der Waals surface area contributed by atoms with E-state index in [4.69, 9.17) is 0 Å². The molecule has 0 fully saturated rings. The maximum atomic E-state index is 13.6. The van der Waals surface area contributed by atoms with Crippen molar-refractivity contribution in [2.75, 3.05) is 0 Å². The summed E-state index contributed by atoms with van der Waals surface area (Å²) < 4.78 is 13.6. The topological polar surface area (TPSA) is 50.2 Å². The van der Waals surface area contributed by atoms with Gasteiger partial charge in [0, 0.05) is 44.2 Å². The molecule has 0 spiro atoms. The molecule has 4 aromatic carbocycles. The molecule has 1 heterocycles. The van der Waals surface area contributed by atoms with Gasteiger partial charge < -0.3 is 10.1 Å². The Morgan fingerprint density at radius 3 is 2.05 bits per heavy atom. The Morgan fingerprint density at radius 1 is 0.814 bits per heavy atom. The summed E-state index contributed by atoms with van der Waals surface area (Å²) in [7, 11) is 0. The number of hydrogen-bond donors (Lipinski definition) is 1. The van der Waals surface area contributed by atoms with Crippen LogP contribution in [-0.2, 0) is 24.9 Å². The standard InChI is InChI=1S/C25H17FN.C13H24O2.Ir/c1-15-11-16(2)13-18(12-15)25-24-8-7-21-20-6-4-19(26)14-17(20)3-5-22(21)23(24)9-10-27-25;1-5-10(6-2)12(14)9-13(15)11(7-3)8-4;/h3-12,14H,1-2H3;9-11,14H,5-8H2,1-4H3;/q-1;;/b;12-9-;. The van der Waals surface area contributed by atoms with Gasteiger partial charge in [0.25, 0.3) is 0 Å². The fraction of sp³-hybridized carbons (Fsp3) is 0.316. The van der Waals surface area contributed by atoms with E-state index in [0.717, 1.165) is 74.8 Å². The molecule has 227 valence electrons. The average molecular weight is 755 g/mol. The summed E-state index contributed by atoms with van der Waals surface area (Å²) in [6.45, 7) is 12.2. The van der Waals surface area contributed by atoms with Crippen molar-refractivity contribution in [2.24, 2.45) is 11.8 Å². The third-order valence-corrected chi connectivity index (χ3v) is 8.21. The van der Waals surface area contributed by atoms with Crippen molar-refractivity contribution in [1.82, 2.24) is 4.98 Å². The predicted octanol–water partition coefficient (Wildman–Crippen LogP) is 10.6. The molecule has 5 aromatic rings. The van der Waals surface area contributed by atoms with Crippen molar-refractivity contribution in [3.63, 3.8) is 0 Å². The summed E-state index contributed by atoms with van der Waals surface area (Å²) in [5.41, 5.74) is 4.27. The Labute approximate surface area is 268 Å². The van der Waals surface area contributed by atoms with Crippen LogP contribution in [0.1, 0.15) is 64.5 Å². The van der Waals surface area contributed by atoms with E-state index in [1.165, 1.54) is 17.7 Å². The largest absolute Gasteiger partial charge is 0.512 e. The van der Waals surface area contributed by atoms with Gasteiger partial charge in [0.15, 0.2) is 5.78 Å². The SMILES string of the molecule is CCC(CC)C(=O)/C=C(\O)C(CC)CC.Cc1[c-]c(-c2nccc3c2ccc2c4ccc(F)cc4ccc32)cc(C)c1.[Ir]. The molecule has 1 N–H and O–H groups in total. The van der Waals surface area contributed by atoms with Gasteiger partial charge in [0.1, 0.15) is 5.82 Å². The van der Waals surface area contributed by atoms with Gasteiger partial charge in [-0.05, 0) is 81.9 Å². The number of carbonyl (C=O) groups excluding carboxylic acids is 1. The number of aromatic nitrogens is 1. The first kappa shape index (κ1) is 34.1. The summed E-state index contributed by atoms with van der Waals surface area (Å²) in [5.74, 6) is 0.339. The second kappa shape index (κ2) is 15.4. The average Bonchev–Trinajstić information content (AvgIpc) is 2.97. The molecule has 0 saturated carbocycles. The van der Waals surface area contributed by atoms with Crippen LogP contribution in [-0.4, -0.2) is 15.9 Å². The third-order valence-electron chi connectivity index (χ3n) is 8.21. The number of nitrogens with zero attached hydrogens (tertiary/aromatic N) is 1. The molecule has 0 aliphatic heterocycles. The second-order valence-electron chi connectivity index (χ2n) is 11.1. The van der Waals surface area contributed by atoms with E-state index in [-0.39, 0.29) is 49.3 Å². The molecule has 0 bridgehead atoms. The minimum Gasteiger partial charge on any atom is -0.512 e. The molecule has 43 heavy (non-hydrogen) atoms. The van der Waals surface area contributed by atoms with E-state index >= 15 is 0 Å². The number of rotatable bonds is 8. The summed E-state index contributed by atoms with van der Waals surface area (Å²) >= 11 is 0. The van der Waals surface area contributed by atoms with Crippen molar-refractivity contribution in [1.29, 1.82) is 0 Å². The normalized spacial score (nSPS) is 11.6. The van der Waals surface area contributed by atoms with E-state index in [1.54, 1.807) is 6.07 Å². The quantitative estimate of drug-likeness (QED) is 0.0743. The molecule has 5 rings (SSSR count). The number of aliphatic hydroxyl groups is 1. The first-order chi connectivity index (χ1) is 20.2. The number of aryl methyl sites for hydroxylation is 2. The van der Waals surface area contributed by atoms with Crippen LogP contribution < -0.4 is 0 Å². The Balaban J connectivity index is 0.000000274. The maximum Gasteiger partial charge on any atom is 0.162 e. The number of pyridine rings is 1. The zero-order chi connectivity index (χ0) is 30.4. The van der Waals surface area contributed by atoms with Crippen molar-refractivity contribution in [3.8, 4) is 11.3 Å². The van der Waals surface area contributed by atoms with Crippen LogP contribution in [0.3, 0.4) is 0 Å². The monoisotopic (exact) mass is 755 g/mol. The van der Waals surface area contributed by atoms with E-state index in [1.807, 2.05) is 46.0 Å². The fourth-order valence-corrected chi connectivity index (χ4v) is 5.80. The predicted molar refractivity (Wildman–Crippen MR) is 174 cm³/mol. The molecule has 0 aliphatic carbocycles. The van der Waals surface area contributed by atoms with Gasteiger partial charge in [0.05, 0.1) is 5.76 Å². The third kappa shape index (κ3) is 7.77. The van der Waals surface area contributed by atoms with Crippen LogP contribution >= 0.6 is 0 Å². The molecule has 0 amide bonds. The molecule has 0 saturated heterocycles. The van der Waals surface area contributed by atoms with Crippen LogP contribution in [0.25, 0.3) is 43.6 Å². The van der Waals surface area contributed by atoms with Gasteiger partial charge in [-0.15, -0.1) is 34.9 Å². The molecule has 0 unspecified atom stereocenters. The van der Waals surface area contributed by atoms with Gasteiger partial charge in [-0.1, -0.05) is 71.9 Å². The van der Waals surface area contributed by atoms with E-state index in [9.17, 15) is 14.3 Å². The number of aliphatic hydroxyl groups excluding tert-OH is 1. The van der Waals surface area contributed by atoms with Crippen molar-refractivity contribution >= 4 is 38.1 Å². The molecular formula is C38H41FIrNO2-. The van der Waals surface area contributed by atoms with Crippen molar-refractivity contribution in [3.05, 3.63) is 102 Å². The molecule has 5 heteroatoms. The molecule has 0 aliphatic rings.